The van der Waals surface area contributed by atoms with Crippen LogP contribution in [0.4, 0.5) is 8.78 Å². The van der Waals surface area contributed by atoms with E-state index in [1.165, 1.54) is 0 Å². The molecular weight excluding hydrogens is 304 g/mol. The molecule has 0 bridgehead atoms. The molecule has 1 atom stereocenters. The molecule has 1 amide bonds. The van der Waals surface area contributed by atoms with Gasteiger partial charge in [0.15, 0.2) is 0 Å². The van der Waals surface area contributed by atoms with Gasteiger partial charge in [0.1, 0.15) is 17.2 Å². The highest BCUT2D eigenvalue weighted by atomic mass is 79.9. The van der Waals surface area contributed by atoms with E-state index in [9.17, 15) is 13.6 Å². The van der Waals surface area contributed by atoms with Gasteiger partial charge < -0.3 is 5.32 Å². The molecule has 1 unspecified atom stereocenters. The second kappa shape index (κ2) is 5.61. The summed E-state index contributed by atoms with van der Waals surface area (Å²) in [6.07, 6.45) is 6.36. The first-order valence-electron chi connectivity index (χ1n) is 5.68. The first-order valence-corrected chi connectivity index (χ1v) is 6.47. The molecular formula is C13H12BrF2NO. The van der Waals surface area contributed by atoms with Crippen LogP contribution in [0.5, 0.6) is 0 Å². The quantitative estimate of drug-likeness (QED) is 0.831. The second-order valence-electron chi connectivity index (χ2n) is 4.20. The maximum atomic E-state index is 13.6. The van der Waals surface area contributed by atoms with Gasteiger partial charge in [-0.05, 0) is 31.4 Å². The molecule has 0 saturated heterocycles. The first-order chi connectivity index (χ1) is 8.58. The Morgan fingerprint density at radius 3 is 2.50 bits per heavy atom. The van der Waals surface area contributed by atoms with E-state index in [1.807, 2.05) is 12.2 Å². The van der Waals surface area contributed by atoms with Crippen molar-refractivity contribution in [2.75, 3.05) is 0 Å². The SMILES string of the molecule is O=C(NC1CC=CCC1)c1c(F)cc(Br)cc1F. The summed E-state index contributed by atoms with van der Waals surface area (Å²) in [6, 6.07) is 2.11. The van der Waals surface area contributed by atoms with Crippen LogP contribution < -0.4 is 5.32 Å². The Kier molecular flexibility index (Phi) is 4.11. The van der Waals surface area contributed by atoms with Gasteiger partial charge in [-0.3, -0.25) is 4.79 Å². The predicted octanol–water partition coefficient (Wildman–Crippen LogP) is 3.57. The normalized spacial score (nSPS) is 18.7. The van der Waals surface area contributed by atoms with Crippen molar-refractivity contribution < 1.29 is 13.6 Å². The third-order valence-corrected chi connectivity index (χ3v) is 3.30. The number of allylic oxidation sites excluding steroid dienone is 1. The number of hydrogen-bond donors (Lipinski definition) is 1. The van der Waals surface area contributed by atoms with Crippen LogP contribution >= 0.6 is 15.9 Å². The van der Waals surface area contributed by atoms with Crippen molar-refractivity contribution in [1.82, 2.24) is 5.32 Å². The van der Waals surface area contributed by atoms with E-state index in [-0.39, 0.29) is 10.5 Å². The highest BCUT2D eigenvalue weighted by Gasteiger charge is 2.21. The molecule has 2 nitrogen and oxygen atoms in total. The van der Waals surface area contributed by atoms with Gasteiger partial charge in [-0.2, -0.15) is 0 Å². The van der Waals surface area contributed by atoms with E-state index in [1.54, 1.807) is 0 Å². The number of rotatable bonds is 2. The number of carbonyl (C=O) groups excluding carboxylic acids is 1. The second-order valence-corrected chi connectivity index (χ2v) is 5.11. The largest absolute Gasteiger partial charge is 0.349 e. The fourth-order valence-electron chi connectivity index (χ4n) is 1.94. The average molecular weight is 316 g/mol. The zero-order valence-electron chi connectivity index (χ0n) is 9.55. The van der Waals surface area contributed by atoms with Crippen LogP contribution in [0.1, 0.15) is 29.6 Å². The molecule has 1 aromatic carbocycles. The summed E-state index contributed by atoms with van der Waals surface area (Å²) < 4.78 is 27.4. The molecule has 2 rings (SSSR count). The molecule has 0 radical (unpaired) electrons. The number of hydrogen-bond acceptors (Lipinski definition) is 1. The molecule has 1 aliphatic carbocycles. The lowest BCUT2D eigenvalue weighted by atomic mass is 10.0. The molecule has 18 heavy (non-hydrogen) atoms. The lowest BCUT2D eigenvalue weighted by Crippen LogP contribution is -2.36. The zero-order chi connectivity index (χ0) is 13.1. The Bertz CT molecular complexity index is 479. The van der Waals surface area contributed by atoms with Gasteiger partial charge in [0.2, 0.25) is 0 Å². The molecule has 1 aromatic rings. The molecule has 0 spiro atoms. The molecule has 5 heteroatoms. The van der Waals surface area contributed by atoms with E-state index in [4.69, 9.17) is 0 Å². The standard InChI is InChI=1S/C13H12BrF2NO/c14-8-6-10(15)12(11(16)7-8)13(18)17-9-4-2-1-3-5-9/h1-2,6-7,9H,3-5H2,(H,17,18). The number of nitrogens with one attached hydrogen (secondary N) is 1. The van der Waals surface area contributed by atoms with Crippen molar-refractivity contribution in [3.63, 3.8) is 0 Å². The summed E-state index contributed by atoms with van der Waals surface area (Å²) in [7, 11) is 0. The van der Waals surface area contributed by atoms with Crippen LogP contribution in [0.2, 0.25) is 0 Å². The Hall–Kier alpha value is -1.23. The van der Waals surface area contributed by atoms with Crippen LogP contribution in [0.15, 0.2) is 28.8 Å². The summed E-state index contributed by atoms with van der Waals surface area (Å²) in [6.45, 7) is 0. The topological polar surface area (TPSA) is 29.1 Å². The summed E-state index contributed by atoms with van der Waals surface area (Å²) in [5, 5.41) is 2.65. The van der Waals surface area contributed by atoms with Gasteiger partial charge in [0.25, 0.3) is 5.91 Å². The fraction of sp³-hybridized carbons (Fsp3) is 0.308. The molecule has 1 aliphatic rings. The summed E-state index contributed by atoms with van der Waals surface area (Å²) in [4.78, 5) is 11.8. The number of carbonyl (C=O) groups is 1. The number of halogens is 3. The van der Waals surface area contributed by atoms with Gasteiger partial charge in [0, 0.05) is 10.5 Å². The Labute approximate surface area is 112 Å². The van der Waals surface area contributed by atoms with Gasteiger partial charge in [-0.1, -0.05) is 28.1 Å². The van der Waals surface area contributed by atoms with Crippen LogP contribution in [-0.2, 0) is 0 Å². The Morgan fingerprint density at radius 2 is 1.94 bits per heavy atom. The molecule has 0 aromatic heterocycles. The fourth-order valence-corrected chi connectivity index (χ4v) is 2.34. The van der Waals surface area contributed by atoms with Crippen molar-refractivity contribution in [2.45, 2.75) is 25.3 Å². The van der Waals surface area contributed by atoms with Crippen LogP contribution in [0.25, 0.3) is 0 Å². The van der Waals surface area contributed by atoms with Crippen LogP contribution in [0.3, 0.4) is 0 Å². The van der Waals surface area contributed by atoms with E-state index in [0.717, 1.165) is 25.0 Å². The van der Waals surface area contributed by atoms with Crippen molar-refractivity contribution >= 4 is 21.8 Å². The van der Waals surface area contributed by atoms with Gasteiger partial charge >= 0.3 is 0 Å². The highest BCUT2D eigenvalue weighted by molar-refractivity contribution is 9.10. The Morgan fingerprint density at radius 1 is 1.28 bits per heavy atom. The smallest absolute Gasteiger partial charge is 0.257 e. The average Bonchev–Trinajstić information content (AvgIpc) is 2.28. The van der Waals surface area contributed by atoms with Crippen molar-refractivity contribution in [2.24, 2.45) is 0 Å². The van der Waals surface area contributed by atoms with Crippen molar-refractivity contribution in [3.8, 4) is 0 Å². The maximum Gasteiger partial charge on any atom is 0.257 e. The summed E-state index contributed by atoms with van der Waals surface area (Å²) in [5.74, 6) is -2.41. The Balaban J connectivity index is 2.16. The predicted molar refractivity (Wildman–Crippen MR) is 68.3 cm³/mol. The van der Waals surface area contributed by atoms with E-state index in [2.05, 4.69) is 21.2 Å². The minimum Gasteiger partial charge on any atom is -0.349 e. The van der Waals surface area contributed by atoms with Crippen LogP contribution in [-0.4, -0.2) is 11.9 Å². The number of benzene rings is 1. The zero-order valence-corrected chi connectivity index (χ0v) is 11.1. The third-order valence-electron chi connectivity index (χ3n) is 2.84. The minimum atomic E-state index is -0.856. The van der Waals surface area contributed by atoms with Crippen LogP contribution in [0, 0.1) is 11.6 Å². The first kappa shape index (κ1) is 13.2. The highest BCUT2D eigenvalue weighted by Crippen LogP contribution is 2.20. The van der Waals surface area contributed by atoms with Gasteiger partial charge in [-0.15, -0.1) is 0 Å². The monoisotopic (exact) mass is 315 g/mol. The van der Waals surface area contributed by atoms with Gasteiger partial charge in [0.05, 0.1) is 0 Å². The van der Waals surface area contributed by atoms with Gasteiger partial charge in [-0.25, -0.2) is 8.78 Å². The number of amides is 1. The van der Waals surface area contributed by atoms with E-state index >= 15 is 0 Å². The molecule has 0 fully saturated rings. The van der Waals surface area contributed by atoms with Crippen molar-refractivity contribution in [3.05, 3.63) is 46.0 Å². The molecule has 1 N–H and O–H groups in total. The lowest BCUT2D eigenvalue weighted by Gasteiger charge is -2.19. The third kappa shape index (κ3) is 2.96. The molecule has 0 heterocycles. The molecule has 0 saturated carbocycles. The van der Waals surface area contributed by atoms with E-state index < -0.39 is 23.1 Å². The lowest BCUT2D eigenvalue weighted by molar-refractivity contribution is 0.0926. The summed E-state index contributed by atoms with van der Waals surface area (Å²) >= 11 is 2.97. The molecule has 96 valence electrons. The molecule has 0 aliphatic heterocycles. The maximum absolute atomic E-state index is 13.6. The minimum absolute atomic E-state index is 0.0510. The summed E-state index contributed by atoms with van der Waals surface area (Å²) in [5.41, 5.74) is -0.521. The van der Waals surface area contributed by atoms with Crippen molar-refractivity contribution in [1.29, 1.82) is 0 Å². The van der Waals surface area contributed by atoms with E-state index in [0.29, 0.717) is 6.42 Å².